The average Bonchev–Trinajstić information content (AvgIpc) is 2.35. The molecule has 0 bridgehead atoms. The minimum Gasteiger partial charge on any atom is -0.232 e. The van der Waals surface area contributed by atoms with E-state index in [1.165, 1.54) is 0 Å². The van der Waals surface area contributed by atoms with Crippen molar-refractivity contribution in [2.24, 2.45) is 0 Å². The van der Waals surface area contributed by atoms with Gasteiger partial charge in [-0.1, -0.05) is 48.7 Å². The molecule has 0 saturated heterocycles. The molecule has 0 aliphatic carbocycles. The van der Waals surface area contributed by atoms with Crippen molar-refractivity contribution in [3.05, 3.63) is 42.7 Å². The molecule has 1 aromatic carbocycles. The zero-order valence-electron chi connectivity index (χ0n) is 10.2. The highest BCUT2D eigenvalue weighted by Crippen LogP contribution is 2.32. The molecule has 2 aromatic rings. The fourth-order valence-corrected chi connectivity index (χ4v) is 3.02. The van der Waals surface area contributed by atoms with Crippen LogP contribution in [0.4, 0.5) is 0 Å². The van der Waals surface area contributed by atoms with Crippen LogP contribution in [0.1, 0.15) is 25.5 Å². The van der Waals surface area contributed by atoms with E-state index >= 15 is 0 Å². The smallest absolute Gasteiger partial charge is 0.162 e. The molecular formula is C13H10Cl3IN2. The second-order valence-electron chi connectivity index (χ2n) is 4.32. The van der Waals surface area contributed by atoms with Crippen molar-refractivity contribution < 1.29 is 0 Å². The van der Waals surface area contributed by atoms with Crippen LogP contribution in [-0.2, 0) is 0 Å². The van der Waals surface area contributed by atoms with Crippen molar-refractivity contribution in [1.82, 2.24) is 9.97 Å². The van der Waals surface area contributed by atoms with Gasteiger partial charge in [-0.2, -0.15) is 0 Å². The van der Waals surface area contributed by atoms with Gasteiger partial charge in [-0.25, -0.2) is 9.97 Å². The van der Waals surface area contributed by atoms with Crippen LogP contribution >= 0.6 is 57.4 Å². The Morgan fingerprint density at radius 2 is 1.79 bits per heavy atom. The van der Waals surface area contributed by atoms with E-state index in [2.05, 4.69) is 46.4 Å². The van der Waals surface area contributed by atoms with E-state index in [1.807, 2.05) is 0 Å². The topological polar surface area (TPSA) is 25.8 Å². The maximum absolute atomic E-state index is 6.17. The van der Waals surface area contributed by atoms with Gasteiger partial charge in [-0.15, -0.1) is 0 Å². The normalized spacial score (nSPS) is 11.1. The molecule has 100 valence electrons. The van der Waals surface area contributed by atoms with Gasteiger partial charge in [0.15, 0.2) is 5.82 Å². The van der Waals surface area contributed by atoms with Crippen molar-refractivity contribution in [3.8, 4) is 11.4 Å². The Labute approximate surface area is 140 Å². The Bertz CT molecular complexity index is 630. The molecule has 0 amide bonds. The molecule has 0 radical (unpaired) electrons. The molecule has 0 N–H and O–H groups in total. The second-order valence-corrected chi connectivity index (χ2v) is 6.60. The lowest BCUT2D eigenvalue weighted by molar-refractivity contribution is 0.808. The largest absolute Gasteiger partial charge is 0.232 e. The molecular weight excluding hydrogens is 417 g/mol. The molecule has 0 fully saturated rings. The highest BCUT2D eigenvalue weighted by Gasteiger charge is 2.16. The highest BCUT2D eigenvalue weighted by molar-refractivity contribution is 14.1. The lowest BCUT2D eigenvalue weighted by Gasteiger charge is -2.11. The molecule has 0 saturated carbocycles. The zero-order valence-corrected chi connectivity index (χ0v) is 14.6. The Balaban J connectivity index is 2.66. The van der Waals surface area contributed by atoms with Crippen LogP contribution in [0, 0.1) is 3.57 Å². The van der Waals surface area contributed by atoms with Crippen LogP contribution in [0.2, 0.25) is 15.2 Å². The number of hydrogen-bond donors (Lipinski definition) is 0. The Morgan fingerprint density at radius 1 is 1.11 bits per heavy atom. The SMILES string of the molecule is CC(C)c1nc(-c2cc(Cl)ccc2Cl)nc(Cl)c1I. The van der Waals surface area contributed by atoms with Gasteiger partial charge in [0.25, 0.3) is 0 Å². The summed E-state index contributed by atoms with van der Waals surface area (Å²) in [5, 5.41) is 1.57. The summed E-state index contributed by atoms with van der Waals surface area (Å²) in [6, 6.07) is 5.20. The van der Waals surface area contributed by atoms with Crippen molar-refractivity contribution in [1.29, 1.82) is 0 Å². The number of halogens is 4. The molecule has 6 heteroatoms. The third-order valence-electron chi connectivity index (χ3n) is 2.55. The van der Waals surface area contributed by atoms with E-state index in [0.29, 0.717) is 26.6 Å². The summed E-state index contributed by atoms with van der Waals surface area (Å²) in [5.74, 6) is 0.755. The van der Waals surface area contributed by atoms with Crippen molar-refractivity contribution in [3.63, 3.8) is 0 Å². The summed E-state index contributed by atoms with van der Waals surface area (Å²) < 4.78 is 0.871. The summed E-state index contributed by atoms with van der Waals surface area (Å²) in [6.07, 6.45) is 0. The molecule has 0 spiro atoms. The number of hydrogen-bond acceptors (Lipinski definition) is 2. The lowest BCUT2D eigenvalue weighted by Crippen LogP contribution is -2.02. The lowest BCUT2D eigenvalue weighted by atomic mass is 10.1. The van der Waals surface area contributed by atoms with E-state index in [4.69, 9.17) is 34.8 Å². The molecule has 0 unspecified atom stereocenters. The molecule has 2 rings (SSSR count). The van der Waals surface area contributed by atoms with Gasteiger partial charge in [-0.3, -0.25) is 0 Å². The van der Waals surface area contributed by atoms with Crippen LogP contribution in [-0.4, -0.2) is 9.97 Å². The zero-order chi connectivity index (χ0) is 14.2. The van der Waals surface area contributed by atoms with Crippen LogP contribution in [0.5, 0.6) is 0 Å². The van der Waals surface area contributed by atoms with Crippen LogP contribution in [0.15, 0.2) is 18.2 Å². The molecule has 2 nitrogen and oxygen atoms in total. The fourth-order valence-electron chi connectivity index (χ4n) is 1.61. The van der Waals surface area contributed by atoms with Crippen molar-refractivity contribution in [2.45, 2.75) is 19.8 Å². The van der Waals surface area contributed by atoms with Gasteiger partial charge in [0.05, 0.1) is 14.3 Å². The average molecular weight is 428 g/mol. The Hall–Kier alpha value is -0.100. The third-order valence-corrected chi connectivity index (χ3v) is 4.77. The van der Waals surface area contributed by atoms with Gasteiger partial charge in [0, 0.05) is 10.6 Å². The fraction of sp³-hybridized carbons (Fsp3) is 0.231. The van der Waals surface area contributed by atoms with Gasteiger partial charge < -0.3 is 0 Å². The maximum Gasteiger partial charge on any atom is 0.162 e. The molecule has 0 aliphatic rings. The van der Waals surface area contributed by atoms with Gasteiger partial charge in [0.1, 0.15) is 5.15 Å². The Kier molecular flexibility index (Phi) is 4.93. The van der Waals surface area contributed by atoms with E-state index in [1.54, 1.807) is 18.2 Å². The second kappa shape index (κ2) is 6.12. The number of aromatic nitrogens is 2. The van der Waals surface area contributed by atoms with Crippen LogP contribution < -0.4 is 0 Å². The molecule has 1 heterocycles. The third kappa shape index (κ3) is 3.32. The van der Waals surface area contributed by atoms with E-state index in [9.17, 15) is 0 Å². The first-order valence-corrected chi connectivity index (χ1v) is 7.79. The standard InChI is InChI=1S/C13H10Cl3IN2/c1-6(2)11-10(17)12(16)19-13(18-11)8-5-7(14)3-4-9(8)15/h3-6H,1-2H3. The predicted octanol–water partition coefficient (Wildman–Crippen LogP) is 5.83. The first-order valence-electron chi connectivity index (χ1n) is 5.58. The highest BCUT2D eigenvalue weighted by atomic mass is 127. The van der Waals surface area contributed by atoms with E-state index in [0.717, 1.165) is 9.26 Å². The number of benzene rings is 1. The molecule has 0 atom stereocenters. The number of nitrogens with zero attached hydrogens (tertiary/aromatic N) is 2. The van der Waals surface area contributed by atoms with Crippen LogP contribution in [0.3, 0.4) is 0 Å². The minimum absolute atomic E-state index is 0.254. The summed E-state index contributed by atoms with van der Waals surface area (Å²) in [7, 11) is 0. The van der Waals surface area contributed by atoms with Gasteiger partial charge in [-0.05, 0) is 46.7 Å². The van der Waals surface area contributed by atoms with Gasteiger partial charge in [0.2, 0.25) is 0 Å². The first-order chi connectivity index (χ1) is 8.90. The van der Waals surface area contributed by atoms with Crippen LogP contribution in [0.25, 0.3) is 11.4 Å². The minimum atomic E-state index is 0.254. The van der Waals surface area contributed by atoms with E-state index < -0.39 is 0 Å². The molecule has 19 heavy (non-hydrogen) atoms. The number of rotatable bonds is 2. The summed E-state index contributed by atoms with van der Waals surface area (Å²) in [6.45, 7) is 4.12. The summed E-state index contributed by atoms with van der Waals surface area (Å²) in [5.41, 5.74) is 1.60. The quantitative estimate of drug-likeness (QED) is 0.445. The monoisotopic (exact) mass is 426 g/mol. The summed E-state index contributed by atoms with van der Waals surface area (Å²) in [4.78, 5) is 8.85. The summed E-state index contributed by atoms with van der Waals surface area (Å²) >= 11 is 20.5. The van der Waals surface area contributed by atoms with Gasteiger partial charge >= 0.3 is 0 Å². The predicted molar refractivity (Wildman–Crippen MR) is 89.3 cm³/mol. The maximum atomic E-state index is 6.17. The Morgan fingerprint density at radius 3 is 2.42 bits per heavy atom. The van der Waals surface area contributed by atoms with E-state index in [-0.39, 0.29) is 5.92 Å². The molecule has 0 aliphatic heterocycles. The molecule has 1 aromatic heterocycles. The first kappa shape index (κ1) is 15.3. The van der Waals surface area contributed by atoms with Crippen molar-refractivity contribution >= 4 is 57.4 Å². The van der Waals surface area contributed by atoms with Crippen molar-refractivity contribution in [2.75, 3.05) is 0 Å².